The summed E-state index contributed by atoms with van der Waals surface area (Å²) in [5, 5.41) is 2.61. The Morgan fingerprint density at radius 2 is 1.67 bits per heavy atom. The molecule has 2 aromatic rings. The van der Waals surface area contributed by atoms with Gasteiger partial charge in [0.2, 0.25) is 0 Å². The largest absolute Gasteiger partial charge is 0.324 e. The van der Waals surface area contributed by atoms with Gasteiger partial charge in [0.05, 0.1) is 0 Å². The van der Waals surface area contributed by atoms with Crippen molar-refractivity contribution in [2.24, 2.45) is 11.7 Å². The third kappa shape index (κ3) is 2.27. The Kier molecular flexibility index (Phi) is 3.24. The Morgan fingerprint density at radius 1 is 1.00 bits per heavy atom. The van der Waals surface area contributed by atoms with Gasteiger partial charge in [-0.3, -0.25) is 0 Å². The van der Waals surface area contributed by atoms with Crippen LogP contribution in [0.5, 0.6) is 0 Å². The lowest BCUT2D eigenvalue weighted by atomic mass is 9.82. The molecule has 2 fully saturated rings. The third-order valence-corrected chi connectivity index (χ3v) is 5.80. The van der Waals surface area contributed by atoms with Crippen LogP contribution in [0.2, 0.25) is 0 Å². The van der Waals surface area contributed by atoms with E-state index in [2.05, 4.69) is 54.4 Å². The fourth-order valence-electron chi connectivity index (χ4n) is 4.43. The van der Waals surface area contributed by atoms with Crippen LogP contribution in [0.4, 0.5) is 0 Å². The number of benzene rings is 2. The minimum absolute atomic E-state index is 0.186. The smallest absolute Gasteiger partial charge is 0.0324 e. The molecule has 0 aromatic heterocycles. The molecule has 110 valence electrons. The summed E-state index contributed by atoms with van der Waals surface area (Å²) in [5.41, 5.74) is 7.95. The Balaban J connectivity index is 1.60. The van der Waals surface area contributed by atoms with E-state index in [0.29, 0.717) is 5.92 Å². The number of hydrogen-bond acceptors (Lipinski definition) is 2. The zero-order valence-electron chi connectivity index (χ0n) is 12.7. The molecular formula is C19H24N2. The van der Waals surface area contributed by atoms with Crippen molar-refractivity contribution in [2.75, 3.05) is 7.05 Å². The van der Waals surface area contributed by atoms with Crippen LogP contribution in [-0.2, 0) is 0 Å². The molecule has 2 heterocycles. The second kappa shape index (κ2) is 5.11. The van der Waals surface area contributed by atoms with Gasteiger partial charge >= 0.3 is 0 Å². The van der Waals surface area contributed by atoms with Crippen LogP contribution in [0.15, 0.2) is 42.5 Å². The average Bonchev–Trinajstić information content (AvgIpc) is 2.75. The molecule has 0 aliphatic carbocycles. The van der Waals surface area contributed by atoms with Crippen LogP contribution in [-0.4, -0.2) is 24.0 Å². The van der Waals surface area contributed by atoms with E-state index in [9.17, 15) is 0 Å². The predicted molar refractivity (Wildman–Crippen MR) is 88.2 cm³/mol. The Labute approximate surface area is 126 Å². The maximum absolute atomic E-state index is 6.64. The molecule has 3 atom stereocenters. The third-order valence-electron chi connectivity index (χ3n) is 5.80. The normalized spacial score (nSPS) is 30.7. The summed E-state index contributed by atoms with van der Waals surface area (Å²) < 4.78 is 0. The number of nitrogens with two attached hydrogens (primary N) is 1. The van der Waals surface area contributed by atoms with Crippen LogP contribution >= 0.6 is 0 Å². The van der Waals surface area contributed by atoms with Crippen molar-refractivity contribution in [1.82, 2.24) is 4.90 Å². The Morgan fingerprint density at radius 3 is 2.38 bits per heavy atom. The van der Waals surface area contributed by atoms with Gasteiger partial charge < -0.3 is 10.6 Å². The first-order valence-electron chi connectivity index (χ1n) is 8.18. The van der Waals surface area contributed by atoms with Gasteiger partial charge in [0.1, 0.15) is 0 Å². The monoisotopic (exact) mass is 280 g/mol. The van der Waals surface area contributed by atoms with Gasteiger partial charge in [-0.2, -0.15) is 0 Å². The average molecular weight is 280 g/mol. The van der Waals surface area contributed by atoms with E-state index < -0.39 is 0 Å². The lowest BCUT2D eigenvalue weighted by Crippen LogP contribution is -2.42. The first-order chi connectivity index (χ1) is 10.2. The van der Waals surface area contributed by atoms with E-state index in [1.807, 2.05) is 0 Å². The number of piperidine rings is 1. The molecule has 2 aliphatic heterocycles. The van der Waals surface area contributed by atoms with E-state index in [1.54, 1.807) is 0 Å². The molecule has 2 aliphatic rings. The van der Waals surface area contributed by atoms with Crippen molar-refractivity contribution in [2.45, 2.75) is 43.8 Å². The molecule has 2 bridgehead atoms. The SMILES string of the molecule is CN1C2CCC1CC(C(N)c1ccc3ccccc3c1)C2. The van der Waals surface area contributed by atoms with Gasteiger partial charge in [-0.05, 0) is 61.1 Å². The fourth-order valence-corrected chi connectivity index (χ4v) is 4.43. The minimum Gasteiger partial charge on any atom is -0.324 e. The summed E-state index contributed by atoms with van der Waals surface area (Å²) >= 11 is 0. The highest BCUT2D eigenvalue weighted by Crippen LogP contribution is 2.41. The Hall–Kier alpha value is -1.38. The molecule has 0 radical (unpaired) electrons. The first kappa shape index (κ1) is 13.3. The quantitative estimate of drug-likeness (QED) is 0.908. The van der Waals surface area contributed by atoms with Gasteiger partial charge in [0.25, 0.3) is 0 Å². The summed E-state index contributed by atoms with van der Waals surface area (Å²) in [6, 6.07) is 17.0. The highest BCUT2D eigenvalue weighted by molar-refractivity contribution is 5.83. The van der Waals surface area contributed by atoms with Crippen LogP contribution < -0.4 is 5.73 Å². The zero-order valence-corrected chi connectivity index (χ0v) is 12.7. The summed E-state index contributed by atoms with van der Waals surface area (Å²) in [7, 11) is 2.29. The second-order valence-electron chi connectivity index (χ2n) is 6.91. The molecule has 2 saturated heterocycles. The molecule has 0 spiro atoms. The molecule has 2 N–H and O–H groups in total. The second-order valence-corrected chi connectivity index (χ2v) is 6.91. The van der Waals surface area contributed by atoms with E-state index in [4.69, 9.17) is 5.73 Å². The molecule has 2 aromatic carbocycles. The van der Waals surface area contributed by atoms with E-state index in [1.165, 1.54) is 42.0 Å². The van der Waals surface area contributed by atoms with Gasteiger partial charge in [0.15, 0.2) is 0 Å². The van der Waals surface area contributed by atoms with E-state index in [0.717, 1.165) is 12.1 Å². The lowest BCUT2D eigenvalue weighted by Gasteiger charge is -2.39. The van der Waals surface area contributed by atoms with Gasteiger partial charge in [0, 0.05) is 18.1 Å². The van der Waals surface area contributed by atoms with Crippen molar-refractivity contribution in [3.8, 4) is 0 Å². The molecule has 3 unspecified atom stereocenters. The van der Waals surface area contributed by atoms with Crippen molar-refractivity contribution < 1.29 is 0 Å². The molecule has 0 amide bonds. The van der Waals surface area contributed by atoms with Crippen molar-refractivity contribution in [1.29, 1.82) is 0 Å². The molecule has 2 heteroatoms. The van der Waals surface area contributed by atoms with Crippen LogP contribution in [0.1, 0.15) is 37.3 Å². The van der Waals surface area contributed by atoms with Gasteiger partial charge in [-0.15, -0.1) is 0 Å². The zero-order chi connectivity index (χ0) is 14.4. The van der Waals surface area contributed by atoms with Crippen molar-refractivity contribution >= 4 is 10.8 Å². The predicted octanol–water partition coefficient (Wildman–Crippen LogP) is 3.71. The van der Waals surface area contributed by atoms with Crippen LogP contribution in [0.3, 0.4) is 0 Å². The lowest BCUT2D eigenvalue weighted by molar-refractivity contribution is 0.121. The molecule has 0 saturated carbocycles. The van der Waals surface area contributed by atoms with Gasteiger partial charge in [-0.1, -0.05) is 36.4 Å². The number of nitrogens with zero attached hydrogens (tertiary/aromatic N) is 1. The number of fused-ring (bicyclic) bond motifs is 3. The highest BCUT2D eigenvalue weighted by Gasteiger charge is 2.40. The summed E-state index contributed by atoms with van der Waals surface area (Å²) in [4.78, 5) is 2.59. The first-order valence-corrected chi connectivity index (χ1v) is 8.18. The fraction of sp³-hybridized carbons (Fsp3) is 0.474. The van der Waals surface area contributed by atoms with Crippen molar-refractivity contribution in [3.05, 3.63) is 48.0 Å². The summed E-state index contributed by atoms with van der Waals surface area (Å²) in [6.07, 6.45) is 5.26. The molecule has 2 nitrogen and oxygen atoms in total. The standard InChI is InChI=1S/C19H24N2/c1-21-17-8-9-18(21)12-16(11-17)19(20)15-7-6-13-4-2-3-5-14(13)10-15/h2-7,10,16-19H,8-9,11-12,20H2,1H3. The molecular weight excluding hydrogens is 256 g/mol. The summed E-state index contributed by atoms with van der Waals surface area (Å²) in [6.45, 7) is 0. The highest BCUT2D eigenvalue weighted by atomic mass is 15.2. The number of hydrogen-bond donors (Lipinski definition) is 1. The Bertz CT molecular complexity index is 637. The van der Waals surface area contributed by atoms with Crippen molar-refractivity contribution in [3.63, 3.8) is 0 Å². The minimum atomic E-state index is 0.186. The maximum Gasteiger partial charge on any atom is 0.0324 e. The molecule has 21 heavy (non-hydrogen) atoms. The van der Waals surface area contributed by atoms with E-state index >= 15 is 0 Å². The van der Waals surface area contributed by atoms with Crippen LogP contribution in [0, 0.1) is 5.92 Å². The van der Waals surface area contributed by atoms with Gasteiger partial charge in [-0.25, -0.2) is 0 Å². The topological polar surface area (TPSA) is 29.3 Å². The number of rotatable bonds is 2. The van der Waals surface area contributed by atoms with E-state index in [-0.39, 0.29) is 6.04 Å². The molecule has 4 rings (SSSR count). The van der Waals surface area contributed by atoms with Crippen LogP contribution in [0.25, 0.3) is 10.8 Å². The summed E-state index contributed by atoms with van der Waals surface area (Å²) in [5.74, 6) is 0.639. The maximum atomic E-state index is 6.64.